The standard InChI is InChI=1S/C23H32N6O.HI/c1-6-24-23(25-12-17(3)14-29-19(5)11-18(4)28-29)26-13-21-15-30-22(27-21)20-9-7-16(2)8-10-20;/h7-11,15,17H,6,12-14H2,1-5H3,(H2,24,25,26);1H. The van der Waals surface area contributed by atoms with Crippen molar-refractivity contribution in [3.63, 3.8) is 0 Å². The molecule has 0 saturated heterocycles. The number of aryl methyl sites for hydroxylation is 3. The van der Waals surface area contributed by atoms with E-state index in [9.17, 15) is 0 Å². The number of oxazole rings is 1. The smallest absolute Gasteiger partial charge is 0.226 e. The van der Waals surface area contributed by atoms with Crippen LogP contribution < -0.4 is 10.6 Å². The molecule has 0 aliphatic heterocycles. The van der Waals surface area contributed by atoms with Crippen molar-refractivity contribution in [1.82, 2.24) is 25.4 Å². The van der Waals surface area contributed by atoms with E-state index in [0.29, 0.717) is 18.4 Å². The SMILES string of the molecule is CCNC(=NCc1coc(-c2ccc(C)cc2)n1)NCC(C)Cn1nc(C)cc1C.I. The summed E-state index contributed by atoms with van der Waals surface area (Å²) >= 11 is 0. The summed E-state index contributed by atoms with van der Waals surface area (Å²) in [5.74, 6) is 1.81. The Labute approximate surface area is 201 Å². The van der Waals surface area contributed by atoms with E-state index < -0.39 is 0 Å². The van der Waals surface area contributed by atoms with Gasteiger partial charge in [-0.3, -0.25) is 4.68 Å². The number of hydrogen-bond acceptors (Lipinski definition) is 4. The number of guanidine groups is 1. The van der Waals surface area contributed by atoms with Gasteiger partial charge in [0, 0.05) is 30.9 Å². The van der Waals surface area contributed by atoms with Crippen LogP contribution in [-0.2, 0) is 13.1 Å². The zero-order chi connectivity index (χ0) is 21.5. The van der Waals surface area contributed by atoms with Gasteiger partial charge in [0.05, 0.1) is 12.2 Å². The van der Waals surface area contributed by atoms with Crippen molar-refractivity contribution in [2.75, 3.05) is 13.1 Å². The average Bonchev–Trinajstić information content (AvgIpc) is 3.31. The molecule has 1 aromatic carbocycles. The first kappa shape index (κ1) is 24.9. The van der Waals surface area contributed by atoms with Crippen molar-refractivity contribution in [3.05, 3.63) is 59.2 Å². The first-order valence-corrected chi connectivity index (χ1v) is 10.5. The van der Waals surface area contributed by atoms with Crippen molar-refractivity contribution < 1.29 is 4.42 Å². The maximum atomic E-state index is 5.63. The Hall–Kier alpha value is -2.36. The molecule has 0 bridgehead atoms. The summed E-state index contributed by atoms with van der Waals surface area (Å²) in [5.41, 5.74) is 5.23. The Balaban J connectivity index is 0.00000341. The van der Waals surface area contributed by atoms with Crippen LogP contribution in [0.1, 0.15) is 36.5 Å². The van der Waals surface area contributed by atoms with Gasteiger partial charge in [0.2, 0.25) is 5.89 Å². The molecule has 168 valence electrons. The van der Waals surface area contributed by atoms with Crippen LogP contribution in [-0.4, -0.2) is 33.8 Å². The molecule has 0 saturated carbocycles. The van der Waals surface area contributed by atoms with E-state index >= 15 is 0 Å². The summed E-state index contributed by atoms with van der Waals surface area (Å²) in [5, 5.41) is 11.3. The van der Waals surface area contributed by atoms with Crippen LogP contribution in [0.3, 0.4) is 0 Å². The quantitative estimate of drug-likeness (QED) is 0.252. The second-order valence-corrected chi connectivity index (χ2v) is 7.80. The van der Waals surface area contributed by atoms with Crippen LogP contribution >= 0.6 is 24.0 Å². The maximum absolute atomic E-state index is 5.63. The summed E-state index contributed by atoms with van der Waals surface area (Å²) in [6.45, 7) is 13.4. The Bertz CT molecular complexity index is 976. The number of benzene rings is 1. The normalized spacial score (nSPS) is 12.4. The third kappa shape index (κ3) is 7.37. The molecule has 0 fully saturated rings. The Morgan fingerprint density at radius 2 is 1.90 bits per heavy atom. The molecular weight excluding hydrogens is 503 g/mol. The minimum Gasteiger partial charge on any atom is -0.444 e. The van der Waals surface area contributed by atoms with Crippen molar-refractivity contribution in [3.8, 4) is 11.5 Å². The Morgan fingerprint density at radius 3 is 2.55 bits per heavy atom. The van der Waals surface area contributed by atoms with Crippen molar-refractivity contribution in [2.45, 2.75) is 47.7 Å². The fourth-order valence-corrected chi connectivity index (χ4v) is 3.20. The molecule has 0 amide bonds. The largest absolute Gasteiger partial charge is 0.444 e. The lowest BCUT2D eigenvalue weighted by atomic mass is 10.1. The van der Waals surface area contributed by atoms with Crippen LogP contribution in [0.15, 0.2) is 46.0 Å². The van der Waals surface area contributed by atoms with E-state index in [4.69, 9.17) is 4.42 Å². The molecule has 31 heavy (non-hydrogen) atoms. The van der Waals surface area contributed by atoms with Crippen LogP contribution in [0.5, 0.6) is 0 Å². The average molecular weight is 536 g/mol. The van der Waals surface area contributed by atoms with Crippen LogP contribution in [0.4, 0.5) is 0 Å². The molecule has 2 heterocycles. The minimum atomic E-state index is 0. The third-order valence-electron chi connectivity index (χ3n) is 4.80. The second kappa shape index (κ2) is 11.9. The fourth-order valence-electron chi connectivity index (χ4n) is 3.20. The number of aliphatic imine (C=N–C) groups is 1. The molecule has 1 atom stereocenters. The van der Waals surface area contributed by atoms with Gasteiger partial charge in [0.25, 0.3) is 0 Å². The van der Waals surface area contributed by atoms with Crippen molar-refractivity contribution in [2.24, 2.45) is 10.9 Å². The summed E-state index contributed by atoms with van der Waals surface area (Å²) in [6.07, 6.45) is 1.67. The highest BCUT2D eigenvalue weighted by Gasteiger charge is 2.09. The van der Waals surface area contributed by atoms with Crippen LogP contribution in [0.2, 0.25) is 0 Å². The predicted octanol–water partition coefficient (Wildman–Crippen LogP) is 4.47. The summed E-state index contributed by atoms with van der Waals surface area (Å²) in [7, 11) is 0. The number of aromatic nitrogens is 3. The summed E-state index contributed by atoms with van der Waals surface area (Å²) < 4.78 is 7.69. The maximum Gasteiger partial charge on any atom is 0.226 e. The highest BCUT2D eigenvalue weighted by atomic mass is 127. The fraction of sp³-hybridized carbons (Fsp3) is 0.435. The van der Waals surface area contributed by atoms with E-state index in [0.717, 1.165) is 42.5 Å². The second-order valence-electron chi connectivity index (χ2n) is 7.80. The molecule has 0 spiro atoms. The van der Waals surface area contributed by atoms with E-state index in [-0.39, 0.29) is 24.0 Å². The number of nitrogens with zero attached hydrogens (tertiary/aromatic N) is 4. The molecule has 0 aliphatic rings. The zero-order valence-corrected chi connectivity index (χ0v) is 21.3. The van der Waals surface area contributed by atoms with E-state index in [1.165, 1.54) is 11.3 Å². The molecule has 7 nitrogen and oxygen atoms in total. The zero-order valence-electron chi connectivity index (χ0n) is 19.0. The summed E-state index contributed by atoms with van der Waals surface area (Å²) in [6, 6.07) is 10.2. The summed E-state index contributed by atoms with van der Waals surface area (Å²) in [4.78, 5) is 9.22. The van der Waals surface area contributed by atoms with Gasteiger partial charge in [-0.05, 0) is 51.8 Å². The van der Waals surface area contributed by atoms with E-state index in [1.54, 1.807) is 6.26 Å². The molecule has 0 aliphatic carbocycles. The highest BCUT2D eigenvalue weighted by molar-refractivity contribution is 14.0. The predicted molar refractivity (Wildman–Crippen MR) is 136 cm³/mol. The Morgan fingerprint density at radius 1 is 1.16 bits per heavy atom. The first-order chi connectivity index (χ1) is 14.4. The number of nitrogens with one attached hydrogen (secondary N) is 2. The van der Waals surface area contributed by atoms with Gasteiger partial charge in [0.1, 0.15) is 12.0 Å². The van der Waals surface area contributed by atoms with Gasteiger partial charge in [-0.25, -0.2) is 9.98 Å². The third-order valence-corrected chi connectivity index (χ3v) is 4.80. The lowest BCUT2D eigenvalue weighted by molar-refractivity contribution is 0.436. The van der Waals surface area contributed by atoms with Crippen molar-refractivity contribution in [1.29, 1.82) is 0 Å². The number of hydrogen-bond donors (Lipinski definition) is 2. The van der Waals surface area contributed by atoms with Crippen molar-refractivity contribution >= 4 is 29.9 Å². The van der Waals surface area contributed by atoms with Gasteiger partial charge >= 0.3 is 0 Å². The number of rotatable bonds is 8. The molecule has 3 aromatic rings. The molecule has 3 rings (SSSR count). The molecule has 0 radical (unpaired) electrons. The van der Waals surface area contributed by atoms with Crippen LogP contribution in [0, 0.1) is 26.7 Å². The van der Waals surface area contributed by atoms with Gasteiger partial charge in [-0.1, -0.05) is 24.6 Å². The minimum absolute atomic E-state index is 0. The van der Waals surface area contributed by atoms with Gasteiger partial charge in [-0.2, -0.15) is 5.10 Å². The molecule has 2 aromatic heterocycles. The Kier molecular flexibility index (Phi) is 9.54. The lowest BCUT2D eigenvalue weighted by Crippen LogP contribution is -2.40. The van der Waals surface area contributed by atoms with E-state index in [2.05, 4.69) is 76.3 Å². The lowest BCUT2D eigenvalue weighted by Gasteiger charge is -2.16. The van der Waals surface area contributed by atoms with Gasteiger partial charge in [-0.15, -0.1) is 24.0 Å². The van der Waals surface area contributed by atoms with E-state index in [1.807, 2.05) is 19.1 Å². The molecule has 1 unspecified atom stereocenters. The number of halogens is 1. The van der Waals surface area contributed by atoms with Crippen LogP contribution in [0.25, 0.3) is 11.5 Å². The molecular formula is C23H33IN6O. The first-order valence-electron chi connectivity index (χ1n) is 10.5. The topological polar surface area (TPSA) is 80.3 Å². The molecule has 2 N–H and O–H groups in total. The monoisotopic (exact) mass is 536 g/mol. The van der Waals surface area contributed by atoms with Gasteiger partial charge < -0.3 is 15.1 Å². The molecule has 8 heteroatoms. The highest BCUT2D eigenvalue weighted by Crippen LogP contribution is 2.19. The van der Waals surface area contributed by atoms with Gasteiger partial charge in [0.15, 0.2) is 5.96 Å².